The molecule has 0 atom stereocenters. The van der Waals surface area contributed by atoms with Crippen LogP contribution in [-0.2, 0) is 0 Å². The SMILES string of the molecule is C=CCOc1ccc(C(=O)CC(=O)c2ccc(C(=O)CC(=O)c3ccc(OCC=C)cc3)cc2)cc1. The first kappa shape index (κ1) is 26.0. The second-order valence-corrected chi connectivity index (χ2v) is 7.87. The van der Waals surface area contributed by atoms with Crippen molar-refractivity contribution in [2.75, 3.05) is 13.2 Å². The van der Waals surface area contributed by atoms with Crippen LogP contribution in [0.1, 0.15) is 54.3 Å². The minimum Gasteiger partial charge on any atom is -0.490 e. The lowest BCUT2D eigenvalue weighted by atomic mass is 9.98. The van der Waals surface area contributed by atoms with Gasteiger partial charge in [-0.25, -0.2) is 0 Å². The molecule has 0 aliphatic heterocycles. The number of Topliss-reactive ketones (excluding diaryl/α,β-unsaturated/α-hetero) is 4. The number of carbonyl (C=O) groups excluding carboxylic acids is 4. The maximum Gasteiger partial charge on any atom is 0.170 e. The van der Waals surface area contributed by atoms with Gasteiger partial charge in [0.1, 0.15) is 24.7 Å². The predicted octanol–water partition coefficient (Wildman–Crippen LogP) is 5.73. The Morgan fingerprint density at radius 3 is 1.00 bits per heavy atom. The van der Waals surface area contributed by atoms with Crippen molar-refractivity contribution < 1.29 is 28.7 Å². The van der Waals surface area contributed by atoms with E-state index in [4.69, 9.17) is 9.47 Å². The van der Waals surface area contributed by atoms with Crippen molar-refractivity contribution in [2.24, 2.45) is 0 Å². The largest absolute Gasteiger partial charge is 0.490 e. The van der Waals surface area contributed by atoms with Crippen molar-refractivity contribution in [3.8, 4) is 11.5 Å². The summed E-state index contributed by atoms with van der Waals surface area (Å²) in [6.45, 7) is 7.87. The van der Waals surface area contributed by atoms with Crippen LogP contribution >= 0.6 is 0 Å². The van der Waals surface area contributed by atoms with Gasteiger partial charge >= 0.3 is 0 Å². The normalized spacial score (nSPS) is 10.2. The Balaban J connectivity index is 1.55. The van der Waals surface area contributed by atoms with Gasteiger partial charge in [0.25, 0.3) is 0 Å². The van der Waals surface area contributed by atoms with Crippen LogP contribution in [0.25, 0.3) is 0 Å². The van der Waals surface area contributed by atoms with Crippen molar-refractivity contribution in [3.63, 3.8) is 0 Å². The van der Waals surface area contributed by atoms with Gasteiger partial charge in [0.05, 0.1) is 12.8 Å². The van der Waals surface area contributed by atoms with E-state index in [1.165, 1.54) is 24.3 Å². The van der Waals surface area contributed by atoms with E-state index >= 15 is 0 Å². The fourth-order valence-electron chi connectivity index (χ4n) is 3.33. The second kappa shape index (κ2) is 12.8. The van der Waals surface area contributed by atoms with Gasteiger partial charge in [-0.1, -0.05) is 49.6 Å². The Kier molecular flexibility index (Phi) is 9.23. The van der Waals surface area contributed by atoms with Crippen LogP contribution in [-0.4, -0.2) is 36.3 Å². The van der Waals surface area contributed by atoms with E-state index in [-0.39, 0.29) is 36.0 Å². The lowest BCUT2D eigenvalue weighted by Crippen LogP contribution is -2.10. The van der Waals surface area contributed by atoms with E-state index < -0.39 is 0 Å². The van der Waals surface area contributed by atoms with E-state index in [9.17, 15) is 19.2 Å². The van der Waals surface area contributed by atoms with E-state index in [0.717, 1.165) is 0 Å². The van der Waals surface area contributed by atoms with Gasteiger partial charge in [-0.05, 0) is 48.5 Å². The quantitative estimate of drug-likeness (QED) is 0.166. The molecule has 0 N–H and O–H groups in total. The highest BCUT2D eigenvalue weighted by Gasteiger charge is 2.17. The van der Waals surface area contributed by atoms with E-state index in [1.54, 1.807) is 60.7 Å². The maximum atomic E-state index is 12.6. The van der Waals surface area contributed by atoms with Gasteiger partial charge in [0, 0.05) is 22.3 Å². The number of carbonyl (C=O) groups is 4. The van der Waals surface area contributed by atoms with Crippen LogP contribution < -0.4 is 9.47 Å². The first-order valence-electron chi connectivity index (χ1n) is 11.3. The molecule has 0 heterocycles. The van der Waals surface area contributed by atoms with Crippen molar-refractivity contribution in [1.82, 2.24) is 0 Å². The van der Waals surface area contributed by atoms with Gasteiger partial charge in [0.15, 0.2) is 23.1 Å². The van der Waals surface area contributed by atoms with E-state index in [0.29, 0.717) is 47.0 Å². The summed E-state index contributed by atoms with van der Waals surface area (Å²) >= 11 is 0. The number of ketones is 4. The second-order valence-electron chi connectivity index (χ2n) is 7.87. The molecule has 0 bridgehead atoms. The van der Waals surface area contributed by atoms with Crippen LogP contribution in [0.15, 0.2) is 98.1 Å². The highest BCUT2D eigenvalue weighted by molar-refractivity contribution is 6.15. The predicted molar refractivity (Wildman–Crippen MR) is 137 cm³/mol. The Bertz CT molecular complexity index is 1150. The molecular formula is C30H26O6. The fraction of sp³-hybridized carbons (Fsp3) is 0.133. The highest BCUT2D eigenvalue weighted by Crippen LogP contribution is 2.17. The minimum atomic E-state index is -0.360. The highest BCUT2D eigenvalue weighted by atomic mass is 16.5. The summed E-state index contributed by atoms with van der Waals surface area (Å²) < 4.78 is 10.8. The smallest absolute Gasteiger partial charge is 0.170 e. The average Bonchev–Trinajstić information content (AvgIpc) is 2.91. The molecule has 0 saturated carbocycles. The third kappa shape index (κ3) is 7.21. The molecule has 3 rings (SSSR count). The zero-order valence-corrected chi connectivity index (χ0v) is 19.8. The monoisotopic (exact) mass is 482 g/mol. The Hall–Kier alpha value is -4.58. The summed E-state index contributed by atoms with van der Waals surface area (Å²) in [5.74, 6) is -0.150. The standard InChI is InChI=1S/C30H26O6/c1-3-17-35-25-13-9-23(10-14-25)29(33)19-27(31)21-5-7-22(8-6-21)28(32)20-30(34)24-11-15-26(16-12-24)36-18-4-2/h3-16H,1-2,17-20H2. The molecule has 6 heteroatoms. The number of ether oxygens (including phenoxy) is 2. The maximum absolute atomic E-state index is 12.6. The molecule has 0 unspecified atom stereocenters. The molecule has 0 aliphatic carbocycles. The molecule has 3 aromatic carbocycles. The average molecular weight is 483 g/mol. The molecule has 0 amide bonds. The van der Waals surface area contributed by atoms with Crippen molar-refractivity contribution in [3.05, 3.63) is 120 Å². The topological polar surface area (TPSA) is 86.7 Å². The lowest BCUT2D eigenvalue weighted by Gasteiger charge is -2.06. The van der Waals surface area contributed by atoms with Crippen molar-refractivity contribution >= 4 is 23.1 Å². The third-order valence-corrected chi connectivity index (χ3v) is 5.26. The molecule has 0 fully saturated rings. The molecule has 182 valence electrons. The molecule has 0 aromatic heterocycles. The molecule has 0 spiro atoms. The fourth-order valence-corrected chi connectivity index (χ4v) is 3.33. The van der Waals surface area contributed by atoms with E-state index in [2.05, 4.69) is 13.2 Å². The van der Waals surface area contributed by atoms with Crippen LogP contribution in [0.4, 0.5) is 0 Å². The number of hydrogen-bond acceptors (Lipinski definition) is 6. The number of benzene rings is 3. The molecule has 0 radical (unpaired) electrons. The summed E-state index contributed by atoms with van der Waals surface area (Å²) in [4.78, 5) is 50.1. The summed E-state index contributed by atoms with van der Waals surface area (Å²) in [6.07, 6.45) is 2.64. The molecular weight excluding hydrogens is 456 g/mol. The number of hydrogen-bond donors (Lipinski definition) is 0. The van der Waals surface area contributed by atoms with Gasteiger partial charge in [0.2, 0.25) is 0 Å². The number of rotatable bonds is 14. The minimum absolute atomic E-state index is 0.300. The molecule has 6 nitrogen and oxygen atoms in total. The van der Waals surface area contributed by atoms with Crippen LogP contribution in [0.3, 0.4) is 0 Å². The molecule has 3 aromatic rings. The summed E-state index contributed by atoms with van der Waals surface area (Å²) in [6, 6.07) is 19.0. The Morgan fingerprint density at radius 2 is 0.750 bits per heavy atom. The molecule has 0 aliphatic rings. The van der Waals surface area contributed by atoms with Crippen LogP contribution in [0, 0.1) is 0 Å². The molecule has 36 heavy (non-hydrogen) atoms. The first-order chi connectivity index (χ1) is 17.4. The summed E-state index contributed by atoms with van der Waals surface area (Å²) in [7, 11) is 0. The zero-order valence-electron chi connectivity index (χ0n) is 19.8. The Morgan fingerprint density at radius 1 is 0.500 bits per heavy atom. The third-order valence-electron chi connectivity index (χ3n) is 5.26. The summed E-state index contributed by atoms with van der Waals surface area (Å²) in [5, 5.41) is 0. The van der Waals surface area contributed by atoms with Gasteiger partial charge < -0.3 is 9.47 Å². The first-order valence-corrected chi connectivity index (χ1v) is 11.3. The van der Waals surface area contributed by atoms with Gasteiger partial charge in [-0.15, -0.1) is 0 Å². The van der Waals surface area contributed by atoms with E-state index in [1.807, 2.05) is 0 Å². The van der Waals surface area contributed by atoms with Crippen LogP contribution in [0.2, 0.25) is 0 Å². The zero-order chi connectivity index (χ0) is 25.9. The summed E-state index contributed by atoms with van der Waals surface area (Å²) in [5.41, 5.74) is 1.43. The van der Waals surface area contributed by atoms with Crippen molar-refractivity contribution in [2.45, 2.75) is 12.8 Å². The molecule has 0 saturated heterocycles. The lowest BCUT2D eigenvalue weighted by molar-refractivity contribution is 0.0876. The van der Waals surface area contributed by atoms with Crippen LogP contribution in [0.5, 0.6) is 11.5 Å². The van der Waals surface area contributed by atoms with Gasteiger partial charge in [-0.2, -0.15) is 0 Å². The van der Waals surface area contributed by atoms with Crippen molar-refractivity contribution in [1.29, 1.82) is 0 Å². The van der Waals surface area contributed by atoms with Gasteiger partial charge in [-0.3, -0.25) is 19.2 Å². The Labute approximate surface area is 209 Å².